The summed E-state index contributed by atoms with van der Waals surface area (Å²) in [5, 5.41) is 11.4. The van der Waals surface area contributed by atoms with Gasteiger partial charge >= 0.3 is 5.97 Å². The number of fused-ring (bicyclic) bond motifs is 5. The van der Waals surface area contributed by atoms with Gasteiger partial charge in [0.15, 0.2) is 22.8 Å². The number of ether oxygens (including phenoxy) is 1. The standard InChI is InChI=1S/C25H31ClF2O5/c1-5-21(32)33-25(20(31)12-26)13(2)8-15-16-10-18(27)17-9-14(29)6-7-22(17,3)24(16,28)19(30)11-23(15,25)4/h6-7,9,13,15-16,18-19,30H,5,8,10-12H2,1-4H3/t13-,15-,16-,18-,19-,22-,23-,24-,25+/m0/s1. The SMILES string of the molecule is CCC(=O)O[C@@]1(C(=O)CCl)[C@@H](C)C[C@H]2[C@@H]3C[C@H](F)C4=CC(=O)C=C[C@]4(C)[C@@]3(F)[C@@H](O)C[C@@]21C. The lowest BCUT2D eigenvalue weighted by Crippen LogP contribution is -2.71. The highest BCUT2D eigenvalue weighted by molar-refractivity contribution is 6.29. The van der Waals surface area contributed by atoms with Crippen LogP contribution in [0.25, 0.3) is 0 Å². The number of halogens is 3. The van der Waals surface area contributed by atoms with Gasteiger partial charge in [-0.1, -0.05) is 26.8 Å². The van der Waals surface area contributed by atoms with E-state index in [4.69, 9.17) is 16.3 Å². The first-order valence-electron chi connectivity index (χ1n) is 11.6. The van der Waals surface area contributed by atoms with E-state index in [1.54, 1.807) is 20.8 Å². The van der Waals surface area contributed by atoms with Crippen molar-refractivity contribution in [2.75, 3.05) is 5.88 Å². The van der Waals surface area contributed by atoms with Crippen LogP contribution in [-0.2, 0) is 19.1 Å². The second kappa shape index (κ2) is 7.70. The van der Waals surface area contributed by atoms with Crippen LogP contribution in [0.4, 0.5) is 8.78 Å². The monoisotopic (exact) mass is 484 g/mol. The molecule has 4 aliphatic carbocycles. The number of esters is 1. The van der Waals surface area contributed by atoms with Gasteiger partial charge in [-0.05, 0) is 49.8 Å². The van der Waals surface area contributed by atoms with Crippen molar-refractivity contribution in [3.05, 3.63) is 23.8 Å². The van der Waals surface area contributed by atoms with Crippen molar-refractivity contribution < 1.29 is 33.0 Å². The Hall–Kier alpha value is -1.60. The van der Waals surface area contributed by atoms with E-state index < -0.39 is 75.5 Å². The van der Waals surface area contributed by atoms with E-state index in [0.717, 1.165) is 6.08 Å². The van der Waals surface area contributed by atoms with Crippen LogP contribution in [0.1, 0.15) is 53.4 Å². The summed E-state index contributed by atoms with van der Waals surface area (Å²) in [6, 6.07) is 0. The normalized spacial score (nSPS) is 48.4. The number of rotatable bonds is 4. The second-order valence-corrected chi connectivity index (χ2v) is 10.9. The number of aliphatic hydroxyl groups excluding tert-OH is 1. The van der Waals surface area contributed by atoms with Gasteiger partial charge in [-0.15, -0.1) is 11.6 Å². The zero-order valence-electron chi connectivity index (χ0n) is 19.4. The first-order chi connectivity index (χ1) is 15.3. The summed E-state index contributed by atoms with van der Waals surface area (Å²) in [7, 11) is 0. The highest BCUT2D eigenvalue weighted by Crippen LogP contribution is 2.71. The molecule has 0 aromatic rings. The topological polar surface area (TPSA) is 80.7 Å². The van der Waals surface area contributed by atoms with Gasteiger partial charge in [0.25, 0.3) is 0 Å². The Labute approximate surface area is 197 Å². The van der Waals surface area contributed by atoms with Crippen molar-refractivity contribution >= 4 is 29.1 Å². The van der Waals surface area contributed by atoms with Crippen molar-refractivity contribution in [2.45, 2.75) is 76.9 Å². The molecular weight excluding hydrogens is 454 g/mol. The third-order valence-electron chi connectivity index (χ3n) is 9.27. The third-order valence-corrected chi connectivity index (χ3v) is 9.51. The maximum absolute atomic E-state index is 17.2. The first-order valence-corrected chi connectivity index (χ1v) is 12.1. The van der Waals surface area contributed by atoms with Crippen LogP contribution in [0.3, 0.4) is 0 Å². The molecule has 33 heavy (non-hydrogen) atoms. The van der Waals surface area contributed by atoms with Gasteiger partial charge < -0.3 is 9.84 Å². The van der Waals surface area contributed by atoms with Gasteiger partial charge in [-0.25, -0.2) is 8.78 Å². The van der Waals surface area contributed by atoms with Crippen LogP contribution >= 0.6 is 11.6 Å². The Morgan fingerprint density at radius 2 is 1.94 bits per heavy atom. The molecule has 0 aromatic heterocycles. The summed E-state index contributed by atoms with van der Waals surface area (Å²) < 4.78 is 38.5. The van der Waals surface area contributed by atoms with Crippen LogP contribution in [0.15, 0.2) is 23.8 Å². The van der Waals surface area contributed by atoms with E-state index in [1.807, 2.05) is 0 Å². The third kappa shape index (κ3) is 2.87. The average Bonchev–Trinajstić information content (AvgIpc) is 2.98. The smallest absolute Gasteiger partial charge is 0.306 e. The highest BCUT2D eigenvalue weighted by atomic mass is 35.5. The molecule has 3 fully saturated rings. The molecule has 8 heteroatoms. The molecule has 0 spiro atoms. The first kappa shape index (κ1) is 24.5. The van der Waals surface area contributed by atoms with Crippen molar-refractivity contribution in [1.29, 1.82) is 0 Å². The number of carbonyl (C=O) groups excluding carboxylic acids is 3. The van der Waals surface area contributed by atoms with Gasteiger partial charge in [0.05, 0.1) is 12.0 Å². The van der Waals surface area contributed by atoms with E-state index in [2.05, 4.69) is 0 Å². The molecule has 9 atom stereocenters. The fourth-order valence-electron chi connectivity index (χ4n) is 7.74. The van der Waals surface area contributed by atoms with Crippen molar-refractivity contribution in [3.8, 4) is 0 Å². The zero-order valence-corrected chi connectivity index (χ0v) is 20.1. The van der Waals surface area contributed by atoms with Crippen molar-refractivity contribution in [3.63, 3.8) is 0 Å². The number of alkyl halides is 3. The molecule has 3 saturated carbocycles. The van der Waals surface area contributed by atoms with Crippen LogP contribution in [0.2, 0.25) is 0 Å². The highest BCUT2D eigenvalue weighted by Gasteiger charge is 2.77. The summed E-state index contributed by atoms with van der Waals surface area (Å²) in [4.78, 5) is 37.7. The molecule has 5 nitrogen and oxygen atoms in total. The lowest BCUT2D eigenvalue weighted by molar-refractivity contribution is -0.230. The van der Waals surface area contributed by atoms with E-state index in [0.29, 0.717) is 6.42 Å². The number of aliphatic hydroxyl groups is 1. The predicted octanol–water partition coefficient (Wildman–Crippen LogP) is 4.05. The molecule has 1 N–H and O–H groups in total. The fourth-order valence-corrected chi connectivity index (χ4v) is 7.94. The molecule has 4 rings (SSSR count). The molecule has 0 unspecified atom stereocenters. The van der Waals surface area contributed by atoms with Crippen LogP contribution in [0, 0.1) is 28.6 Å². The van der Waals surface area contributed by atoms with Crippen molar-refractivity contribution in [1.82, 2.24) is 0 Å². The molecule has 0 saturated heterocycles. The Balaban J connectivity index is 1.88. The van der Waals surface area contributed by atoms with E-state index in [-0.39, 0.29) is 24.8 Å². The molecule has 0 aromatic carbocycles. The predicted molar refractivity (Wildman–Crippen MR) is 118 cm³/mol. The van der Waals surface area contributed by atoms with Crippen molar-refractivity contribution in [2.24, 2.45) is 28.6 Å². The molecular formula is C25H31ClF2O5. The number of carbonyl (C=O) groups is 3. The van der Waals surface area contributed by atoms with Crippen LogP contribution in [0.5, 0.6) is 0 Å². The minimum atomic E-state index is -2.25. The van der Waals surface area contributed by atoms with Gasteiger partial charge in [-0.3, -0.25) is 14.4 Å². The molecule has 0 bridgehead atoms. The van der Waals surface area contributed by atoms with Gasteiger partial charge in [0, 0.05) is 29.1 Å². The average molecular weight is 485 g/mol. The maximum Gasteiger partial charge on any atom is 0.306 e. The second-order valence-electron chi connectivity index (χ2n) is 10.6. The molecule has 4 aliphatic rings. The summed E-state index contributed by atoms with van der Waals surface area (Å²) in [5.74, 6) is -3.84. The van der Waals surface area contributed by atoms with Crippen LogP contribution < -0.4 is 0 Å². The Morgan fingerprint density at radius 3 is 2.55 bits per heavy atom. The van der Waals surface area contributed by atoms with E-state index in [1.165, 1.54) is 19.1 Å². The minimum absolute atomic E-state index is 0.0431. The summed E-state index contributed by atoms with van der Waals surface area (Å²) >= 11 is 5.97. The van der Waals surface area contributed by atoms with E-state index in [9.17, 15) is 19.5 Å². The fraction of sp³-hybridized carbons (Fsp3) is 0.720. The number of allylic oxidation sites excluding steroid dienone is 4. The Bertz CT molecular complexity index is 964. The molecule has 0 heterocycles. The zero-order chi connectivity index (χ0) is 24.6. The van der Waals surface area contributed by atoms with Crippen LogP contribution in [-0.4, -0.2) is 52.1 Å². The quantitative estimate of drug-likeness (QED) is 0.481. The van der Waals surface area contributed by atoms with Gasteiger partial charge in [0.1, 0.15) is 6.17 Å². The minimum Gasteiger partial charge on any atom is -0.450 e. The Kier molecular flexibility index (Phi) is 5.73. The molecule has 182 valence electrons. The Morgan fingerprint density at radius 1 is 1.27 bits per heavy atom. The van der Waals surface area contributed by atoms with E-state index >= 15 is 8.78 Å². The summed E-state index contributed by atoms with van der Waals surface area (Å²) in [6.07, 6.45) is 0.584. The lowest BCUT2D eigenvalue weighted by Gasteiger charge is -2.63. The molecule has 0 aliphatic heterocycles. The summed E-state index contributed by atoms with van der Waals surface area (Å²) in [6.45, 7) is 6.64. The lowest BCUT2D eigenvalue weighted by atomic mass is 9.44. The summed E-state index contributed by atoms with van der Waals surface area (Å²) in [5.41, 5.74) is -6.47. The molecule has 0 amide bonds. The number of Topliss-reactive ketones (excluding diaryl/α,β-unsaturated/α-hetero) is 1. The number of ketones is 2. The number of hydrogen-bond donors (Lipinski definition) is 1. The van der Waals surface area contributed by atoms with Gasteiger partial charge in [0.2, 0.25) is 0 Å². The number of hydrogen-bond acceptors (Lipinski definition) is 5. The largest absolute Gasteiger partial charge is 0.450 e. The molecule has 0 radical (unpaired) electrons. The van der Waals surface area contributed by atoms with Gasteiger partial charge in [-0.2, -0.15) is 0 Å². The maximum atomic E-state index is 17.2.